The molecule has 2 heterocycles. The van der Waals surface area contributed by atoms with Crippen molar-refractivity contribution in [2.45, 2.75) is 64.2 Å². The first-order valence-electron chi connectivity index (χ1n) is 8.26. The first-order chi connectivity index (χ1) is 10.8. The highest BCUT2D eigenvalue weighted by molar-refractivity contribution is 5.96. The molecule has 1 saturated carbocycles. The Morgan fingerprint density at radius 3 is 2.61 bits per heavy atom. The topological polar surface area (TPSA) is 38.1 Å². The van der Waals surface area contributed by atoms with Gasteiger partial charge in [-0.2, -0.15) is 18.3 Å². The summed E-state index contributed by atoms with van der Waals surface area (Å²) in [6, 6.07) is -0.344. The maximum Gasteiger partial charge on any atom is 0.433 e. The third-order valence-corrected chi connectivity index (χ3v) is 4.99. The van der Waals surface area contributed by atoms with Crippen LogP contribution in [0.4, 0.5) is 13.2 Å². The number of carbonyl (C=O) groups excluding carboxylic acids is 1. The number of aromatic nitrogens is 2. The Kier molecular flexibility index (Phi) is 4.14. The zero-order chi connectivity index (χ0) is 16.8. The Morgan fingerprint density at radius 2 is 1.96 bits per heavy atom. The molecule has 23 heavy (non-hydrogen) atoms. The summed E-state index contributed by atoms with van der Waals surface area (Å²) in [5.41, 5.74) is -1.23. The van der Waals surface area contributed by atoms with Crippen molar-refractivity contribution in [3.8, 4) is 0 Å². The third kappa shape index (κ3) is 2.85. The first-order valence-corrected chi connectivity index (χ1v) is 8.26. The summed E-state index contributed by atoms with van der Waals surface area (Å²) in [6.45, 7) is 3.83. The summed E-state index contributed by atoms with van der Waals surface area (Å²) in [4.78, 5) is 14.3. The van der Waals surface area contributed by atoms with Crippen molar-refractivity contribution in [3.63, 3.8) is 0 Å². The lowest BCUT2D eigenvalue weighted by molar-refractivity contribution is -0.145. The lowest BCUT2D eigenvalue weighted by atomic mass is 9.84. The molecule has 2 fully saturated rings. The van der Waals surface area contributed by atoms with E-state index in [1.54, 1.807) is 18.7 Å². The largest absolute Gasteiger partial charge is 0.433 e. The van der Waals surface area contributed by atoms with Crippen LogP contribution in [0.2, 0.25) is 0 Å². The molecule has 1 aliphatic heterocycles. The van der Waals surface area contributed by atoms with Crippen molar-refractivity contribution in [3.05, 3.63) is 17.5 Å². The molecule has 0 radical (unpaired) electrons. The quantitative estimate of drug-likeness (QED) is 0.826. The van der Waals surface area contributed by atoms with Crippen LogP contribution in [0.5, 0.6) is 0 Å². The van der Waals surface area contributed by atoms with Gasteiger partial charge in [0.05, 0.1) is 11.8 Å². The van der Waals surface area contributed by atoms with E-state index in [4.69, 9.17) is 0 Å². The van der Waals surface area contributed by atoms with Gasteiger partial charge in [0.2, 0.25) is 0 Å². The van der Waals surface area contributed by atoms with E-state index in [1.165, 1.54) is 0 Å². The van der Waals surface area contributed by atoms with Crippen molar-refractivity contribution in [2.24, 2.45) is 5.92 Å². The van der Waals surface area contributed by atoms with Gasteiger partial charge in [0, 0.05) is 18.6 Å². The number of fused-ring (bicyclic) bond motifs is 1. The van der Waals surface area contributed by atoms with Crippen LogP contribution in [0.1, 0.15) is 68.0 Å². The zero-order valence-corrected chi connectivity index (χ0v) is 13.4. The average molecular weight is 329 g/mol. The molecule has 2 aliphatic rings. The maximum absolute atomic E-state index is 13.4. The van der Waals surface area contributed by atoms with Gasteiger partial charge in [-0.05, 0) is 32.6 Å². The highest BCUT2D eigenvalue weighted by Gasteiger charge is 2.46. The fourth-order valence-electron chi connectivity index (χ4n) is 3.82. The lowest BCUT2D eigenvalue weighted by Gasteiger charge is -2.47. The smallest absolute Gasteiger partial charge is 0.335 e. The van der Waals surface area contributed by atoms with E-state index in [2.05, 4.69) is 5.10 Å². The first kappa shape index (κ1) is 16.3. The van der Waals surface area contributed by atoms with E-state index in [0.29, 0.717) is 12.5 Å². The van der Waals surface area contributed by atoms with Gasteiger partial charge >= 0.3 is 6.18 Å². The third-order valence-electron chi connectivity index (χ3n) is 4.99. The van der Waals surface area contributed by atoms with E-state index in [0.717, 1.165) is 43.0 Å². The fourth-order valence-corrected chi connectivity index (χ4v) is 3.82. The van der Waals surface area contributed by atoms with E-state index in [9.17, 15) is 18.0 Å². The molecule has 4 nitrogen and oxygen atoms in total. The SMILES string of the molecule is CC(C)n1ncc(C(=O)N2C[C@H]3CCCCC[C@@H]32)c1C(F)(F)F. The predicted molar refractivity (Wildman–Crippen MR) is 79.0 cm³/mol. The van der Waals surface area contributed by atoms with Gasteiger partial charge in [-0.25, -0.2) is 0 Å². The number of amides is 1. The highest BCUT2D eigenvalue weighted by Crippen LogP contribution is 2.39. The molecular weight excluding hydrogens is 307 g/mol. The molecule has 1 aromatic rings. The van der Waals surface area contributed by atoms with E-state index >= 15 is 0 Å². The Labute approximate surface area is 133 Å². The lowest BCUT2D eigenvalue weighted by Crippen LogP contribution is -2.58. The van der Waals surface area contributed by atoms with Crippen LogP contribution < -0.4 is 0 Å². The molecule has 0 spiro atoms. The summed E-state index contributed by atoms with van der Waals surface area (Å²) < 4.78 is 41.1. The standard InChI is InChI=1S/C16H22F3N3O/c1-10(2)22-14(16(17,18)19)12(8-20-22)15(23)21-9-11-6-4-3-5-7-13(11)21/h8,10-11,13H,3-7,9H2,1-2H3/t11-,13+/m1/s1. The molecule has 2 atom stereocenters. The number of rotatable bonds is 2. The predicted octanol–water partition coefficient (Wildman–Crippen LogP) is 3.89. The van der Waals surface area contributed by atoms with Gasteiger partial charge < -0.3 is 4.90 Å². The van der Waals surface area contributed by atoms with Crippen LogP contribution in [0.3, 0.4) is 0 Å². The van der Waals surface area contributed by atoms with Crippen LogP contribution in [0, 0.1) is 5.92 Å². The minimum Gasteiger partial charge on any atom is -0.335 e. The van der Waals surface area contributed by atoms with Gasteiger partial charge in [-0.3, -0.25) is 9.48 Å². The number of carbonyl (C=O) groups is 1. The Balaban J connectivity index is 1.88. The number of nitrogens with zero attached hydrogens (tertiary/aromatic N) is 3. The second-order valence-corrected chi connectivity index (χ2v) is 6.87. The number of halogens is 3. The molecular formula is C16H22F3N3O. The Hall–Kier alpha value is -1.53. The van der Waals surface area contributed by atoms with Crippen molar-refractivity contribution in [2.75, 3.05) is 6.54 Å². The molecule has 7 heteroatoms. The van der Waals surface area contributed by atoms with Crippen molar-refractivity contribution >= 4 is 5.91 Å². The van der Waals surface area contributed by atoms with Gasteiger partial charge in [0.25, 0.3) is 5.91 Å². The molecule has 1 aliphatic carbocycles. The van der Waals surface area contributed by atoms with Crippen molar-refractivity contribution in [1.82, 2.24) is 14.7 Å². The zero-order valence-electron chi connectivity index (χ0n) is 13.4. The Bertz CT molecular complexity index is 594. The summed E-state index contributed by atoms with van der Waals surface area (Å²) in [5, 5.41) is 3.82. The van der Waals surface area contributed by atoms with E-state index < -0.39 is 23.8 Å². The van der Waals surface area contributed by atoms with Crippen LogP contribution in [-0.4, -0.2) is 33.2 Å². The molecule has 3 rings (SSSR count). The number of alkyl halides is 3. The normalized spacial score (nSPS) is 25.0. The molecule has 0 N–H and O–H groups in total. The second-order valence-electron chi connectivity index (χ2n) is 6.87. The molecule has 128 valence electrons. The molecule has 0 aromatic carbocycles. The number of hydrogen-bond acceptors (Lipinski definition) is 2. The Morgan fingerprint density at radius 1 is 1.26 bits per heavy atom. The minimum absolute atomic E-state index is 0.105. The van der Waals surface area contributed by atoms with Gasteiger partial charge in [0.1, 0.15) is 0 Å². The summed E-state index contributed by atoms with van der Waals surface area (Å²) in [6.07, 6.45) is 1.81. The fraction of sp³-hybridized carbons (Fsp3) is 0.750. The van der Waals surface area contributed by atoms with E-state index in [1.807, 2.05) is 0 Å². The molecule has 0 bridgehead atoms. The monoisotopic (exact) mass is 329 g/mol. The van der Waals surface area contributed by atoms with Gasteiger partial charge in [0.15, 0.2) is 5.69 Å². The average Bonchev–Trinajstić information content (AvgIpc) is 2.81. The highest BCUT2D eigenvalue weighted by atomic mass is 19.4. The van der Waals surface area contributed by atoms with Gasteiger partial charge in [-0.15, -0.1) is 0 Å². The minimum atomic E-state index is -4.58. The second kappa shape index (κ2) is 5.83. The van der Waals surface area contributed by atoms with E-state index in [-0.39, 0.29) is 11.6 Å². The molecule has 1 amide bonds. The van der Waals surface area contributed by atoms with Crippen LogP contribution in [0.15, 0.2) is 6.20 Å². The number of hydrogen-bond donors (Lipinski definition) is 0. The summed E-state index contributed by atoms with van der Waals surface area (Å²) in [7, 11) is 0. The van der Waals surface area contributed by atoms with Crippen molar-refractivity contribution in [1.29, 1.82) is 0 Å². The number of likely N-dealkylation sites (tertiary alicyclic amines) is 1. The van der Waals surface area contributed by atoms with Gasteiger partial charge in [-0.1, -0.05) is 19.3 Å². The molecule has 1 saturated heterocycles. The summed E-state index contributed by atoms with van der Waals surface area (Å²) >= 11 is 0. The van der Waals surface area contributed by atoms with Crippen LogP contribution >= 0.6 is 0 Å². The van der Waals surface area contributed by atoms with Crippen LogP contribution in [-0.2, 0) is 6.18 Å². The summed E-state index contributed by atoms with van der Waals surface area (Å²) in [5.74, 6) is -0.0664. The molecule has 1 aromatic heterocycles. The van der Waals surface area contributed by atoms with Crippen molar-refractivity contribution < 1.29 is 18.0 Å². The maximum atomic E-state index is 13.4. The molecule has 0 unspecified atom stereocenters. The van der Waals surface area contributed by atoms with Crippen LogP contribution in [0.25, 0.3) is 0 Å².